The number of likely N-dealkylation sites (N-methyl/N-ethyl adjacent to an activating group) is 1. The lowest BCUT2D eigenvalue weighted by Gasteiger charge is -2.16. The van der Waals surface area contributed by atoms with Crippen LogP contribution < -0.4 is 0 Å². The lowest BCUT2D eigenvalue weighted by molar-refractivity contribution is -0.122. The van der Waals surface area contributed by atoms with Gasteiger partial charge in [0.05, 0.1) is 6.20 Å². The molecule has 6 heteroatoms. The molecular weight excluding hydrogens is 160 g/mol. The molecule has 0 N–H and O–H groups in total. The number of carbonyl (C=O) groups excluding carboxylic acids is 2. The quantitative estimate of drug-likeness (QED) is 0.517. The lowest BCUT2D eigenvalue weighted by atomic mass is 10.2. The van der Waals surface area contributed by atoms with Gasteiger partial charge in [-0.1, -0.05) is 0 Å². The summed E-state index contributed by atoms with van der Waals surface area (Å²) in [5, 5.41) is 6.99. The molecule has 0 spiro atoms. The van der Waals surface area contributed by atoms with Crippen molar-refractivity contribution in [3.63, 3.8) is 0 Å². The fourth-order valence-corrected chi connectivity index (χ4v) is 0.919. The van der Waals surface area contributed by atoms with Gasteiger partial charge >= 0.3 is 6.03 Å². The van der Waals surface area contributed by atoms with E-state index >= 15 is 0 Å². The number of fused-ring (bicyclic) bond motifs is 1. The Labute approximate surface area is 67.3 Å². The predicted octanol–water partition coefficient (Wildman–Crippen LogP) is 0.327. The summed E-state index contributed by atoms with van der Waals surface area (Å²) in [7, 11) is 1.37. The van der Waals surface area contributed by atoms with Gasteiger partial charge in [0.15, 0.2) is 5.84 Å². The van der Waals surface area contributed by atoms with Crippen molar-refractivity contribution in [2.45, 2.75) is 0 Å². The van der Waals surface area contributed by atoms with E-state index in [0.717, 1.165) is 4.90 Å². The molecular formula is C6H4N4O2. The Hall–Kier alpha value is -1.85. The van der Waals surface area contributed by atoms with Crippen molar-refractivity contribution in [1.29, 1.82) is 0 Å². The van der Waals surface area contributed by atoms with Crippen LogP contribution in [0.15, 0.2) is 27.0 Å². The molecule has 0 aromatic carbocycles. The number of nitrogens with zero attached hydrogens (tertiary/aromatic N) is 4. The second-order valence-corrected chi connectivity index (χ2v) is 2.34. The maximum Gasteiger partial charge on any atom is 0.352 e. The second-order valence-electron chi connectivity index (χ2n) is 2.34. The summed E-state index contributed by atoms with van der Waals surface area (Å²) < 4.78 is 0. The predicted molar refractivity (Wildman–Crippen MR) is 38.5 cm³/mol. The molecule has 0 atom stereocenters. The topological polar surface area (TPSA) is 74.5 Å². The molecule has 0 aliphatic carbocycles. The fourth-order valence-electron chi connectivity index (χ4n) is 0.919. The van der Waals surface area contributed by atoms with Crippen LogP contribution in [0.1, 0.15) is 0 Å². The second kappa shape index (κ2) is 2.07. The molecule has 0 saturated heterocycles. The van der Waals surface area contributed by atoms with Crippen LogP contribution in [-0.4, -0.2) is 29.7 Å². The molecule has 2 aliphatic heterocycles. The van der Waals surface area contributed by atoms with E-state index in [1.54, 1.807) is 0 Å². The first-order valence-electron chi connectivity index (χ1n) is 3.22. The summed E-state index contributed by atoms with van der Waals surface area (Å²) in [6.07, 6.45) is 1.30. The maximum atomic E-state index is 11.3. The van der Waals surface area contributed by atoms with Crippen molar-refractivity contribution in [2.24, 2.45) is 15.2 Å². The molecule has 0 radical (unpaired) electrons. The van der Waals surface area contributed by atoms with Gasteiger partial charge in [0.25, 0.3) is 5.91 Å². The Morgan fingerprint density at radius 2 is 2.17 bits per heavy atom. The molecule has 0 fully saturated rings. The van der Waals surface area contributed by atoms with Gasteiger partial charge in [0.1, 0.15) is 5.57 Å². The van der Waals surface area contributed by atoms with E-state index in [1.807, 2.05) is 0 Å². The van der Waals surface area contributed by atoms with E-state index < -0.39 is 11.9 Å². The Morgan fingerprint density at radius 1 is 1.42 bits per heavy atom. The van der Waals surface area contributed by atoms with Gasteiger partial charge in [-0.15, -0.1) is 5.11 Å². The van der Waals surface area contributed by atoms with Crippen molar-refractivity contribution < 1.29 is 9.59 Å². The monoisotopic (exact) mass is 164 g/mol. The number of urea groups is 1. The maximum absolute atomic E-state index is 11.3. The largest absolute Gasteiger partial charge is 0.352 e. The van der Waals surface area contributed by atoms with Crippen molar-refractivity contribution >= 4 is 17.8 Å². The van der Waals surface area contributed by atoms with Gasteiger partial charge < -0.3 is 0 Å². The van der Waals surface area contributed by atoms with E-state index in [0.29, 0.717) is 0 Å². The van der Waals surface area contributed by atoms with Crippen LogP contribution in [0.5, 0.6) is 0 Å². The molecule has 0 unspecified atom stereocenters. The normalized spacial score (nSPS) is 20.9. The van der Waals surface area contributed by atoms with E-state index in [4.69, 9.17) is 0 Å². The van der Waals surface area contributed by atoms with Crippen molar-refractivity contribution in [3.05, 3.63) is 11.8 Å². The number of rotatable bonds is 0. The molecule has 2 heterocycles. The van der Waals surface area contributed by atoms with E-state index in [9.17, 15) is 9.59 Å². The molecule has 2 rings (SSSR count). The van der Waals surface area contributed by atoms with Crippen LogP contribution >= 0.6 is 0 Å². The molecule has 6 nitrogen and oxygen atoms in total. The zero-order valence-electron chi connectivity index (χ0n) is 6.18. The zero-order chi connectivity index (χ0) is 8.72. The summed E-state index contributed by atoms with van der Waals surface area (Å²) in [5.41, 5.74) is 0.275. The summed E-state index contributed by atoms with van der Waals surface area (Å²) in [6.45, 7) is 0. The number of amidine groups is 1. The van der Waals surface area contributed by atoms with Crippen LogP contribution in [0.25, 0.3) is 0 Å². The van der Waals surface area contributed by atoms with Gasteiger partial charge in [-0.25, -0.2) is 4.79 Å². The number of carbonyl (C=O) groups is 2. The van der Waals surface area contributed by atoms with Crippen LogP contribution in [0.4, 0.5) is 4.79 Å². The molecule has 60 valence electrons. The van der Waals surface area contributed by atoms with Crippen LogP contribution in [0.2, 0.25) is 0 Å². The Morgan fingerprint density at radius 3 is 2.92 bits per heavy atom. The van der Waals surface area contributed by atoms with Gasteiger partial charge in [-0.05, 0) is 0 Å². The number of hydrogen-bond donors (Lipinski definition) is 0. The average Bonchev–Trinajstić information content (AvgIpc) is 2.48. The van der Waals surface area contributed by atoms with E-state index in [1.165, 1.54) is 13.2 Å². The lowest BCUT2D eigenvalue weighted by Crippen LogP contribution is -2.37. The average molecular weight is 164 g/mol. The fraction of sp³-hybridized carbons (Fsp3) is 0.167. The molecule has 12 heavy (non-hydrogen) atoms. The highest BCUT2D eigenvalue weighted by Gasteiger charge is 2.32. The first-order valence-corrected chi connectivity index (χ1v) is 3.22. The number of aliphatic imine (C=N–C) groups is 1. The Kier molecular flexibility index (Phi) is 1.18. The van der Waals surface area contributed by atoms with Crippen LogP contribution in [-0.2, 0) is 4.79 Å². The molecule has 0 aromatic rings. The summed E-state index contributed by atoms with van der Waals surface area (Å²) in [6, 6.07) is -0.604. The minimum absolute atomic E-state index is 0.114. The zero-order valence-corrected chi connectivity index (χ0v) is 6.18. The summed E-state index contributed by atoms with van der Waals surface area (Å²) in [5.74, 6) is -0.293. The van der Waals surface area contributed by atoms with Gasteiger partial charge in [-0.3, -0.25) is 9.69 Å². The number of imide groups is 1. The highest BCUT2D eigenvalue weighted by Crippen LogP contribution is 2.17. The SMILES string of the molecule is CN1C(=O)N=C2N=NC=C2C1=O. The third-order valence-corrected chi connectivity index (χ3v) is 1.60. The minimum Gasteiger partial charge on any atom is -0.268 e. The standard InChI is InChI=1S/C6H4N4O2/c1-10-5(11)3-2-7-9-4(3)8-6(10)12/h2H,1H3. The minimum atomic E-state index is -0.604. The molecule has 0 aromatic heterocycles. The Bertz CT molecular complexity index is 366. The summed E-state index contributed by atoms with van der Waals surface area (Å²) >= 11 is 0. The number of amides is 3. The molecule has 2 aliphatic rings. The molecule has 0 saturated carbocycles. The van der Waals surface area contributed by atoms with Crippen molar-refractivity contribution in [1.82, 2.24) is 4.90 Å². The third kappa shape index (κ3) is 0.714. The highest BCUT2D eigenvalue weighted by atomic mass is 16.2. The van der Waals surface area contributed by atoms with Crippen molar-refractivity contribution in [3.8, 4) is 0 Å². The molecule has 0 bridgehead atoms. The first-order chi connectivity index (χ1) is 5.70. The highest BCUT2D eigenvalue weighted by molar-refractivity contribution is 6.29. The number of hydrogen-bond acceptors (Lipinski definition) is 4. The third-order valence-electron chi connectivity index (χ3n) is 1.60. The first kappa shape index (κ1) is 6.84. The van der Waals surface area contributed by atoms with Crippen molar-refractivity contribution in [2.75, 3.05) is 7.05 Å². The van der Waals surface area contributed by atoms with Gasteiger partial charge in [-0.2, -0.15) is 10.1 Å². The van der Waals surface area contributed by atoms with Crippen LogP contribution in [0.3, 0.4) is 0 Å². The van der Waals surface area contributed by atoms with Gasteiger partial charge in [0, 0.05) is 7.05 Å². The van der Waals surface area contributed by atoms with E-state index in [2.05, 4.69) is 15.2 Å². The van der Waals surface area contributed by atoms with Gasteiger partial charge in [0.2, 0.25) is 0 Å². The summed E-state index contributed by atoms with van der Waals surface area (Å²) in [4.78, 5) is 26.6. The smallest absolute Gasteiger partial charge is 0.268 e. The van der Waals surface area contributed by atoms with E-state index in [-0.39, 0.29) is 11.4 Å². The Balaban J connectivity index is 2.54. The molecule has 3 amide bonds. The number of azo groups is 1. The van der Waals surface area contributed by atoms with Crippen LogP contribution in [0, 0.1) is 0 Å².